The van der Waals surface area contributed by atoms with E-state index >= 15 is 0 Å². The molecule has 142 valence electrons. The van der Waals surface area contributed by atoms with E-state index < -0.39 is 0 Å². The minimum Gasteiger partial charge on any atom is -0.490 e. The topological polar surface area (TPSA) is 73.6 Å². The molecular formula is C19H31ClN2O3. The fourth-order valence-electron chi connectivity index (χ4n) is 3.28. The van der Waals surface area contributed by atoms with Gasteiger partial charge in [0, 0.05) is 12.5 Å². The Bertz CT molecular complexity index is 553. The van der Waals surface area contributed by atoms with Crippen LogP contribution in [-0.4, -0.2) is 25.2 Å². The highest BCUT2D eigenvalue weighted by Gasteiger charge is 2.26. The molecule has 1 aliphatic carbocycles. The molecular weight excluding hydrogens is 340 g/mol. The van der Waals surface area contributed by atoms with Crippen molar-refractivity contribution in [3.8, 4) is 11.5 Å². The highest BCUT2D eigenvalue weighted by Crippen LogP contribution is 2.31. The second kappa shape index (κ2) is 10.5. The van der Waals surface area contributed by atoms with Crippen LogP contribution in [0.25, 0.3) is 0 Å². The van der Waals surface area contributed by atoms with Gasteiger partial charge in [-0.05, 0) is 57.2 Å². The quantitative estimate of drug-likeness (QED) is 0.733. The number of carbonyl (C=O) groups excluding carboxylic acids is 1. The van der Waals surface area contributed by atoms with Gasteiger partial charge in [0.25, 0.3) is 0 Å². The normalized spacial score (nSPS) is 20.5. The Labute approximate surface area is 157 Å². The Morgan fingerprint density at radius 3 is 2.52 bits per heavy atom. The summed E-state index contributed by atoms with van der Waals surface area (Å²) < 4.78 is 11.2. The van der Waals surface area contributed by atoms with Crippen molar-refractivity contribution in [1.29, 1.82) is 0 Å². The van der Waals surface area contributed by atoms with Crippen molar-refractivity contribution in [2.24, 2.45) is 11.7 Å². The zero-order valence-electron chi connectivity index (χ0n) is 15.4. The van der Waals surface area contributed by atoms with Crippen molar-refractivity contribution < 1.29 is 14.3 Å². The fourth-order valence-corrected chi connectivity index (χ4v) is 3.28. The number of carbonyl (C=O) groups is 1. The molecule has 0 aromatic heterocycles. The van der Waals surface area contributed by atoms with E-state index in [0.29, 0.717) is 25.6 Å². The average molecular weight is 371 g/mol. The van der Waals surface area contributed by atoms with Crippen LogP contribution in [-0.2, 0) is 4.79 Å². The van der Waals surface area contributed by atoms with Crippen LogP contribution in [0.4, 0.5) is 0 Å². The lowest BCUT2D eigenvalue weighted by atomic mass is 9.99. The van der Waals surface area contributed by atoms with E-state index in [1.165, 1.54) is 0 Å². The molecule has 0 saturated heterocycles. The van der Waals surface area contributed by atoms with E-state index in [2.05, 4.69) is 5.32 Å². The van der Waals surface area contributed by atoms with Gasteiger partial charge < -0.3 is 20.5 Å². The third-order valence-electron chi connectivity index (χ3n) is 4.61. The molecule has 6 heteroatoms. The fraction of sp³-hybridized carbons (Fsp3) is 0.632. The van der Waals surface area contributed by atoms with E-state index in [-0.39, 0.29) is 30.4 Å². The third-order valence-corrected chi connectivity index (χ3v) is 4.61. The summed E-state index contributed by atoms with van der Waals surface area (Å²) in [5.74, 6) is 1.84. The molecule has 0 bridgehead atoms. The van der Waals surface area contributed by atoms with Crippen LogP contribution in [0.15, 0.2) is 18.2 Å². The van der Waals surface area contributed by atoms with E-state index in [4.69, 9.17) is 15.2 Å². The molecule has 1 fully saturated rings. The summed E-state index contributed by atoms with van der Waals surface area (Å²) in [5.41, 5.74) is 7.06. The van der Waals surface area contributed by atoms with Gasteiger partial charge in [-0.1, -0.05) is 12.5 Å². The standard InChI is InChI=1S/C19H30N2O3.ClH/c1-4-23-17-10-9-14(11-18(17)24-5-2)13(3)21-19(22)12-15-7-6-8-16(15)20;/h9-11,13,15-16H,4-8,12,20H2,1-3H3,(H,21,22);1H/t13?,15-,16+;/m0./s1. The van der Waals surface area contributed by atoms with Gasteiger partial charge in [0.2, 0.25) is 5.91 Å². The number of halogens is 1. The molecule has 5 nitrogen and oxygen atoms in total. The average Bonchev–Trinajstić information content (AvgIpc) is 2.94. The monoisotopic (exact) mass is 370 g/mol. The number of rotatable bonds is 8. The Kier molecular flexibility index (Phi) is 9.08. The smallest absolute Gasteiger partial charge is 0.220 e. The molecule has 0 heterocycles. The van der Waals surface area contributed by atoms with Crippen molar-refractivity contribution >= 4 is 18.3 Å². The number of ether oxygens (including phenoxy) is 2. The third kappa shape index (κ3) is 6.08. The summed E-state index contributed by atoms with van der Waals surface area (Å²) in [4.78, 5) is 12.3. The minimum absolute atomic E-state index is 0. The molecule has 1 amide bonds. The van der Waals surface area contributed by atoms with Crippen molar-refractivity contribution in [1.82, 2.24) is 5.32 Å². The minimum atomic E-state index is -0.0787. The summed E-state index contributed by atoms with van der Waals surface area (Å²) >= 11 is 0. The maximum absolute atomic E-state index is 12.3. The van der Waals surface area contributed by atoms with Crippen LogP contribution in [0.5, 0.6) is 11.5 Å². The second-order valence-corrected chi connectivity index (χ2v) is 6.42. The van der Waals surface area contributed by atoms with Gasteiger partial charge in [-0.15, -0.1) is 12.4 Å². The van der Waals surface area contributed by atoms with Crippen molar-refractivity contribution in [2.75, 3.05) is 13.2 Å². The van der Waals surface area contributed by atoms with Crippen molar-refractivity contribution in [3.05, 3.63) is 23.8 Å². The van der Waals surface area contributed by atoms with Crippen LogP contribution in [0, 0.1) is 5.92 Å². The van der Waals surface area contributed by atoms with Gasteiger partial charge in [-0.2, -0.15) is 0 Å². The second-order valence-electron chi connectivity index (χ2n) is 6.42. The zero-order chi connectivity index (χ0) is 17.5. The lowest BCUT2D eigenvalue weighted by Gasteiger charge is -2.19. The molecule has 1 aromatic rings. The summed E-state index contributed by atoms with van der Waals surface area (Å²) in [6.07, 6.45) is 3.73. The molecule has 1 aliphatic rings. The Morgan fingerprint density at radius 1 is 1.24 bits per heavy atom. The molecule has 1 saturated carbocycles. The van der Waals surface area contributed by atoms with Gasteiger partial charge >= 0.3 is 0 Å². The Balaban J connectivity index is 0.00000312. The van der Waals surface area contributed by atoms with Crippen LogP contribution >= 0.6 is 12.4 Å². The highest BCUT2D eigenvalue weighted by molar-refractivity contribution is 5.85. The maximum Gasteiger partial charge on any atom is 0.220 e. The molecule has 0 spiro atoms. The first-order valence-electron chi connectivity index (χ1n) is 8.99. The number of benzene rings is 1. The maximum atomic E-state index is 12.3. The number of hydrogen-bond donors (Lipinski definition) is 2. The molecule has 25 heavy (non-hydrogen) atoms. The molecule has 1 unspecified atom stereocenters. The zero-order valence-corrected chi connectivity index (χ0v) is 16.2. The van der Waals surface area contributed by atoms with Gasteiger partial charge in [0.1, 0.15) is 0 Å². The lowest BCUT2D eigenvalue weighted by Crippen LogP contribution is -2.32. The van der Waals surface area contributed by atoms with Crippen LogP contribution in [0.2, 0.25) is 0 Å². The summed E-state index contributed by atoms with van der Waals surface area (Å²) in [5, 5.41) is 3.07. The molecule has 1 aromatic carbocycles. The predicted octanol–water partition coefficient (Wildman–Crippen LogP) is 3.60. The summed E-state index contributed by atoms with van der Waals surface area (Å²) in [6, 6.07) is 5.91. The van der Waals surface area contributed by atoms with Crippen LogP contribution in [0.1, 0.15) is 58.1 Å². The first-order chi connectivity index (χ1) is 11.5. The predicted molar refractivity (Wildman–Crippen MR) is 103 cm³/mol. The Hall–Kier alpha value is -1.46. The van der Waals surface area contributed by atoms with Gasteiger partial charge in [0.15, 0.2) is 11.5 Å². The van der Waals surface area contributed by atoms with Gasteiger partial charge in [-0.3, -0.25) is 4.79 Å². The van der Waals surface area contributed by atoms with E-state index in [0.717, 1.165) is 36.3 Å². The largest absolute Gasteiger partial charge is 0.490 e. The number of nitrogens with two attached hydrogens (primary N) is 1. The summed E-state index contributed by atoms with van der Waals surface area (Å²) in [6.45, 7) is 7.04. The van der Waals surface area contributed by atoms with Crippen molar-refractivity contribution in [2.45, 2.75) is 58.5 Å². The van der Waals surface area contributed by atoms with Crippen LogP contribution < -0.4 is 20.5 Å². The van der Waals surface area contributed by atoms with Crippen LogP contribution in [0.3, 0.4) is 0 Å². The lowest BCUT2D eigenvalue weighted by molar-refractivity contribution is -0.122. The first-order valence-corrected chi connectivity index (χ1v) is 8.99. The molecule has 0 radical (unpaired) electrons. The molecule has 0 aliphatic heterocycles. The van der Waals surface area contributed by atoms with Gasteiger partial charge in [0.05, 0.1) is 19.3 Å². The van der Waals surface area contributed by atoms with E-state index in [1.54, 1.807) is 0 Å². The molecule has 3 atom stereocenters. The molecule has 2 rings (SSSR count). The Morgan fingerprint density at radius 2 is 1.92 bits per heavy atom. The molecule has 3 N–H and O–H groups in total. The summed E-state index contributed by atoms with van der Waals surface area (Å²) in [7, 11) is 0. The van der Waals surface area contributed by atoms with E-state index in [9.17, 15) is 4.79 Å². The first kappa shape index (κ1) is 21.6. The number of nitrogens with one attached hydrogen (secondary N) is 1. The number of hydrogen-bond acceptors (Lipinski definition) is 4. The van der Waals surface area contributed by atoms with E-state index in [1.807, 2.05) is 39.0 Å². The highest BCUT2D eigenvalue weighted by atomic mass is 35.5. The van der Waals surface area contributed by atoms with Gasteiger partial charge in [-0.25, -0.2) is 0 Å². The van der Waals surface area contributed by atoms with Crippen molar-refractivity contribution in [3.63, 3.8) is 0 Å². The SMILES string of the molecule is CCOc1ccc(C(C)NC(=O)C[C@@H]2CCC[C@H]2N)cc1OCC.Cl. The number of amides is 1.